The Kier molecular flexibility index (Phi) is 6.30. The molecule has 1 N–H and O–H groups in total. The fraction of sp³-hybridized carbons (Fsp3) is 0.556. The van der Waals surface area contributed by atoms with Crippen LogP contribution < -0.4 is 4.90 Å². The highest BCUT2D eigenvalue weighted by atomic mass is 16.3. The summed E-state index contributed by atoms with van der Waals surface area (Å²) in [5.74, 6) is -0.176. The molecule has 5 heteroatoms. The molecular formula is C18H26N2O3. The Labute approximate surface area is 137 Å². The van der Waals surface area contributed by atoms with E-state index in [1.807, 2.05) is 6.07 Å². The quantitative estimate of drug-likeness (QED) is 0.902. The van der Waals surface area contributed by atoms with E-state index in [2.05, 4.69) is 11.8 Å². The van der Waals surface area contributed by atoms with Gasteiger partial charge in [0, 0.05) is 13.5 Å². The van der Waals surface area contributed by atoms with Gasteiger partial charge < -0.3 is 10.0 Å². The number of anilines is 1. The third-order valence-corrected chi connectivity index (χ3v) is 4.43. The maximum atomic E-state index is 12.4. The van der Waals surface area contributed by atoms with Crippen molar-refractivity contribution in [3.63, 3.8) is 0 Å². The molecule has 1 aromatic rings. The first-order valence-corrected chi connectivity index (χ1v) is 8.29. The monoisotopic (exact) mass is 318 g/mol. The maximum Gasteiger partial charge on any atom is 0.262 e. The summed E-state index contributed by atoms with van der Waals surface area (Å²) in [6.45, 7) is 6.29. The van der Waals surface area contributed by atoms with E-state index in [-0.39, 0.29) is 5.91 Å². The van der Waals surface area contributed by atoms with Crippen molar-refractivity contribution in [2.45, 2.75) is 39.2 Å². The topological polar surface area (TPSA) is 60.9 Å². The molecule has 1 heterocycles. The Morgan fingerprint density at radius 2 is 1.87 bits per heavy atom. The second kappa shape index (κ2) is 8.22. The average molecular weight is 318 g/mol. The van der Waals surface area contributed by atoms with Gasteiger partial charge in [-0.15, -0.1) is 0 Å². The van der Waals surface area contributed by atoms with Gasteiger partial charge in [0.15, 0.2) is 0 Å². The van der Waals surface area contributed by atoms with Crippen LogP contribution in [0.2, 0.25) is 0 Å². The van der Waals surface area contributed by atoms with Gasteiger partial charge in [-0.2, -0.15) is 0 Å². The lowest BCUT2D eigenvalue weighted by Gasteiger charge is -2.31. The molecule has 0 spiro atoms. The summed E-state index contributed by atoms with van der Waals surface area (Å²) in [4.78, 5) is 27.6. The molecule has 2 amide bonds. The van der Waals surface area contributed by atoms with E-state index in [0.717, 1.165) is 36.7 Å². The molecule has 1 aromatic carbocycles. The molecule has 0 aromatic heterocycles. The predicted molar refractivity (Wildman–Crippen MR) is 90.1 cm³/mol. The Balaban J connectivity index is 1.93. The minimum atomic E-state index is -1.15. The highest BCUT2D eigenvalue weighted by Gasteiger charge is 2.27. The zero-order chi connectivity index (χ0) is 16.8. The number of para-hydroxylation sites is 1. The van der Waals surface area contributed by atoms with Gasteiger partial charge in [-0.25, -0.2) is 4.90 Å². The van der Waals surface area contributed by atoms with Crippen LogP contribution in [0.15, 0.2) is 30.3 Å². The van der Waals surface area contributed by atoms with Gasteiger partial charge in [0.25, 0.3) is 5.91 Å². The van der Waals surface area contributed by atoms with Crippen LogP contribution in [0.25, 0.3) is 0 Å². The Hall–Kier alpha value is -1.72. The molecule has 0 aliphatic carbocycles. The van der Waals surface area contributed by atoms with E-state index in [0.29, 0.717) is 18.7 Å². The lowest BCUT2D eigenvalue weighted by Crippen LogP contribution is -2.44. The van der Waals surface area contributed by atoms with Gasteiger partial charge >= 0.3 is 0 Å². The number of carbonyl (C=O) groups excluding carboxylic acids is 2. The number of carbonyl (C=O) groups is 2. The molecule has 0 radical (unpaired) electrons. The second-order valence-electron chi connectivity index (χ2n) is 6.36. The Morgan fingerprint density at radius 3 is 2.43 bits per heavy atom. The van der Waals surface area contributed by atoms with Crippen LogP contribution in [0.1, 0.15) is 33.1 Å². The lowest BCUT2D eigenvalue weighted by molar-refractivity contribution is -0.131. The highest BCUT2D eigenvalue weighted by molar-refractivity contribution is 6.15. The van der Waals surface area contributed by atoms with Gasteiger partial charge in [0.05, 0.1) is 5.69 Å². The molecule has 1 saturated heterocycles. The molecular weight excluding hydrogens is 292 g/mol. The van der Waals surface area contributed by atoms with E-state index in [1.54, 1.807) is 24.3 Å². The maximum absolute atomic E-state index is 12.4. The van der Waals surface area contributed by atoms with Crippen molar-refractivity contribution < 1.29 is 14.7 Å². The molecule has 0 saturated carbocycles. The largest absolute Gasteiger partial charge is 0.383 e. The lowest BCUT2D eigenvalue weighted by atomic mass is 9.99. The van der Waals surface area contributed by atoms with Crippen molar-refractivity contribution in [3.05, 3.63) is 30.3 Å². The van der Waals surface area contributed by atoms with Gasteiger partial charge in [-0.3, -0.25) is 9.59 Å². The molecule has 2 rings (SSSR count). The highest BCUT2D eigenvalue weighted by Crippen LogP contribution is 2.18. The summed E-state index contributed by atoms with van der Waals surface area (Å²) in [5.41, 5.74) is 0.496. The molecule has 1 atom stereocenters. The Morgan fingerprint density at radius 1 is 1.26 bits per heavy atom. The summed E-state index contributed by atoms with van der Waals surface area (Å²) >= 11 is 0. The van der Waals surface area contributed by atoms with E-state index in [4.69, 9.17) is 0 Å². The standard InChI is InChI=1S/C18H26N2O3/c1-14-8-11-19(12-9-14)13-10-17(22)18(23)20(15(2)21)16-6-4-3-5-7-16/h3-7,14,17,22H,8-13H2,1-2H3. The van der Waals surface area contributed by atoms with E-state index in [1.165, 1.54) is 6.92 Å². The smallest absolute Gasteiger partial charge is 0.262 e. The number of likely N-dealkylation sites (tertiary alicyclic amines) is 1. The number of amides is 2. The Bertz CT molecular complexity index is 524. The van der Waals surface area contributed by atoms with Crippen molar-refractivity contribution in [2.24, 2.45) is 5.92 Å². The van der Waals surface area contributed by atoms with Crippen molar-refractivity contribution in [1.82, 2.24) is 4.90 Å². The van der Waals surface area contributed by atoms with Crippen LogP contribution in [0.3, 0.4) is 0 Å². The number of nitrogens with zero attached hydrogens (tertiary/aromatic N) is 2. The number of hydrogen-bond acceptors (Lipinski definition) is 4. The zero-order valence-electron chi connectivity index (χ0n) is 13.9. The number of piperidine rings is 1. The summed E-state index contributed by atoms with van der Waals surface area (Å²) in [7, 11) is 0. The summed E-state index contributed by atoms with van der Waals surface area (Å²) < 4.78 is 0. The van der Waals surface area contributed by atoms with Crippen LogP contribution in [0.5, 0.6) is 0 Å². The zero-order valence-corrected chi connectivity index (χ0v) is 13.9. The molecule has 1 fully saturated rings. The number of rotatable bonds is 5. The minimum Gasteiger partial charge on any atom is -0.383 e. The van der Waals surface area contributed by atoms with Crippen LogP contribution in [-0.2, 0) is 9.59 Å². The molecule has 1 aliphatic heterocycles. The summed E-state index contributed by atoms with van der Waals surface area (Å²) in [6, 6.07) is 8.73. The van der Waals surface area contributed by atoms with Crippen LogP contribution in [0, 0.1) is 5.92 Å². The third kappa shape index (κ3) is 4.88. The first-order valence-electron chi connectivity index (χ1n) is 8.29. The minimum absolute atomic E-state index is 0.351. The SMILES string of the molecule is CC(=O)N(C(=O)C(O)CCN1CCC(C)CC1)c1ccccc1. The summed E-state index contributed by atoms with van der Waals surface area (Å²) in [5, 5.41) is 10.2. The fourth-order valence-corrected chi connectivity index (χ4v) is 2.90. The molecule has 1 aliphatic rings. The molecule has 0 bridgehead atoms. The number of benzene rings is 1. The number of aliphatic hydroxyl groups excluding tert-OH is 1. The van der Waals surface area contributed by atoms with Gasteiger partial charge in [0.2, 0.25) is 5.91 Å². The fourth-order valence-electron chi connectivity index (χ4n) is 2.90. The normalized spacial score (nSPS) is 17.7. The number of imide groups is 1. The van der Waals surface area contributed by atoms with E-state index < -0.39 is 12.0 Å². The van der Waals surface area contributed by atoms with Gasteiger partial charge in [0.1, 0.15) is 6.10 Å². The van der Waals surface area contributed by atoms with Crippen LogP contribution in [0.4, 0.5) is 5.69 Å². The second-order valence-corrected chi connectivity index (χ2v) is 6.36. The van der Waals surface area contributed by atoms with E-state index >= 15 is 0 Å². The van der Waals surface area contributed by atoms with Crippen molar-refractivity contribution in [3.8, 4) is 0 Å². The predicted octanol–water partition coefficient (Wildman–Crippen LogP) is 2.05. The van der Waals surface area contributed by atoms with Crippen molar-refractivity contribution in [2.75, 3.05) is 24.5 Å². The molecule has 23 heavy (non-hydrogen) atoms. The van der Waals surface area contributed by atoms with Crippen LogP contribution >= 0.6 is 0 Å². The summed E-state index contributed by atoms with van der Waals surface area (Å²) in [6.07, 6.45) is 1.52. The molecule has 126 valence electrons. The molecule has 1 unspecified atom stereocenters. The van der Waals surface area contributed by atoms with E-state index in [9.17, 15) is 14.7 Å². The van der Waals surface area contributed by atoms with Crippen molar-refractivity contribution in [1.29, 1.82) is 0 Å². The first kappa shape index (κ1) is 17.6. The van der Waals surface area contributed by atoms with Crippen molar-refractivity contribution >= 4 is 17.5 Å². The van der Waals surface area contributed by atoms with Crippen LogP contribution in [-0.4, -0.2) is 47.6 Å². The van der Waals surface area contributed by atoms with Gasteiger partial charge in [-0.1, -0.05) is 25.1 Å². The molecule has 5 nitrogen and oxygen atoms in total. The number of aliphatic hydroxyl groups is 1. The number of hydrogen-bond donors (Lipinski definition) is 1. The average Bonchev–Trinajstić information content (AvgIpc) is 2.54. The third-order valence-electron chi connectivity index (χ3n) is 4.43. The first-order chi connectivity index (χ1) is 11.0. The van der Waals surface area contributed by atoms with Gasteiger partial charge in [-0.05, 0) is 50.4 Å².